The molecule has 1 aromatic rings. The lowest BCUT2D eigenvalue weighted by Gasteiger charge is -2.16. The summed E-state index contributed by atoms with van der Waals surface area (Å²) in [6, 6.07) is 7.74. The summed E-state index contributed by atoms with van der Waals surface area (Å²) < 4.78 is 12.9. The number of halogens is 1. The zero-order chi connectivity index (χ0) is 12.8. The number of hydrogen-bond acceptors (Lipinski definition) is 3. The Balaban J connectivity index is 2.58. The van der Waals surface area contributed by atoms with Crippen LogP contribution in [0, 0.1) is 23.1 Å². The van der Waals surface area contributed by atoms with E-state index in [4.69, 9.17) is 5.26 Å². The number of nitrogens with zero attached hydrogens (tertiary/aromatic N) is 2. The quantitative estimate of drug-likeness (QED) is 0.733. The SMILES string of the molecule is CC(C#N)CN(C)CC(=O)c1cccc(F)c1. The number of likely N-dealkylation sites (N-methyl/N-ethyl adjacent to an activating group) is 1. The first-order chi connectivity index (χ1) is 8.02. The molecule has 0 fully saturated rings. The molecule has 0 saturated heterocycles. The molecule has 0 amide bonds. The molecule has 1 atom stereocenters. The molecule has 0 radical (unpaired) electrons. The van der Waals surface area contributed by atoms with Gasteiger partial charge in [-0.3, -0.25) is 9.69 Å². The molecule has 3 nitrogen and oxygen atoms in total. The van der Waals surface area contributed by atoms with Crippen molar-refractivity contribution in [3.63, 3.8) is 0 Å². The third-order valence-corrected chi connectivity index (χ3v) is 2.37. The Bertz CT molecular complexity index is 439. The standard InChI is InChI=1S/C13H15FN2O/c1-10(7-15)8-16(2)9-13(17)11-4-3-5-12(14)6-11/h3-6,10H,8-9H2,1-2H3. The van der Waals surface area contributed by atoms with Crippen LogP contribution in [0.3, 0.4) is 0 Å². The predicted molar refractivity (Wildman–Crippen MR) is 63.0 cm³/mol. The van der Waals surface area contributed by atoms with Gasteiger partial charge >= 0.3 is 0 Å². The fourth-order valence-corrected chi connectivity index (χ4v) is 1.57. The van der Waals surface area contributed by atoms with E-state index in [0.29, 0.717) is 12.1 Å². The number of nitriles is 1. The molecular formula is C13H15FN2O. The third kappa shape index (κ3) is 4.33. The van der Waals surface area contributed by atoms with E-state index in [1.807, 2.05) is 0 Å². The molecule has 0 spiro atoms. The maximum Gasteiger partial charge on any atom is 0.176 e. The highest BCUT2D eigenvalue weighted by Gasteiger charge is 2.12. The fourth-order valence-electron chi connectivity index (χ4n) is 1.57. The predicted octanol–water partition coefficient (Wildman–Crippen LogP) is 2.10. The van der Waals surface area contributed by atoms with Gasteiger partial charge in [-0.25, -0.2) is 4.39 Å². The maximum atomic E-state index is 12.9. The van der Waals surface area contributed by atoms with Crippen molar-refractivity contribution >= 4 is 5.78 Å². The molecule has 0 saturated carbocycles. The molecule has 0 aliphatic rings. The Morgan fingerprint density at radius 3 is 2.88 bits per heavy atom. The number of rotatable bonds is 5. The van der Waals surface area contributed by atoms with Crippen LogP contribution in [0.25, 0.3) is 0 Å². The van der Waals surface area contributed by atoms with Crippen LogP contribution in [0.1, 0.15) is 17.3 Å². The minimum absolute atomic E-state index is 0.125. The summed E-state index contributed by atoms with van der Waals surface area (Å²) >= 11 is 0. The van der Waals surface area contributed by atoms with E-state index in [1.54, 1.807) is 24.9 Å². The van der Waals surface area contributed by atoms with Crippen molar-refractivity contribution in [3.05, 3.63) is 35.6 Å². The third-order valence-electron chi connectivity index (χ3n) is 2.37. The first-order valence-corrected chi connectivity index (χ1v) is 5.40. The van der Waals surface area contributed by atoms with E-state index in [0.717, 1.165) is 0 Å². The second-order valence-corrected chi connectivity index (χ2v) is 4.16. The van der Waals surface area contributed by atoms with Gasteiger partial charge in [-0.05, 0) is 26.1 Å². The highest BCUT2D eigenvalue weighted by molar-refractivity contribution is 5.97. The van der Waals surface area contributed by atoms with Crippen LogP contribution >= 0.6 is 0 Å². The van der Waals surface area contributed by atoms with Crippen LogP contribution in [-0.2, 0) is 0 Å². The van der Waals surface area contributed by atoms with Crippen molar-refractivity contribution in [1.82, 2.24) is 4.90 Å². The molecule has 0 N–H and O–H groups in total. The van der Waals surface area contributed by atoms with E-state index in [2.05, 4.69) is 6.07 Å². The van der Waals surface area contributed by atoms with Crippen molar-refractivity contribution in [3.8, 4) is 6.07 Å². The van der Waals surface area contributed by atoms with Crippen LogP contribution in [0.4, 0.5) is 4.39 Å². The number of ketones is 1. The van der Waals surface area contributed by atoms with Gasteiger partial charge in [0.25, 0.3) is 0 Å². The second-order valence-electron chi connectivity index (χ2n) is 4.16. The monoisotopic (exact) mass is 234 g/mol. The highest BCUT2D eigenvalue weighted by atomic mass is 19.1. The lowest BCUT2D eigenvalue weighted by atomic mass is 10.1. The number of Topliss-reactive ketones (excluding diaryl/α,β-unsaturated/α-hetero) is 1. The Morgan fingerprint density at radius 2 is 2.29 bits per heavy atom. The van der Waals surface area contributed by atoms with Gasteiger partial charge in [-0.2, -0.15) is 5.26 Å². The van der Waals surface area contributed by atoms with Crippen LogP contribution in [0.2, 0.25) is 0 Å². The summed E-state index contributed by atoms with van der Waals surface area (Å²) in [5, 5.41) is 8.66. The summed E-state index contributed by atoms with van der Waals surface area (Å²) in [7, 11) is 1.77. The first kappa shape index (κ1) is 13.3. The normalized spacial score (nSPS) is 12.2. The van der Waals surface area contributed by atoms with Gasteiger partial charge in [0.1, 0.15) is 5.82 Å². The highest BCUT2D eigenvalue weighted by Crippen LogP contribution is 2.06. The minimum atomic E-state index is -0.413. The van der Waals surface area contributed by atoms with Crippen molar-refractivity contribution in [2.24, 2.45) is 5.92 Å². The lowest BCUT2D eigenvalue weighted by molar-refractivity contribution is 0.0942. The van der Waals surface area contributed by atoms with Gasteiger partial charge in [0.15, 0.2) is 5.78 Å². The van der Waals surface area contributed by atoms with E-state index in [-0.39, 0.29) is 18.2 Å². The molecule has 0 aliphatic carbocycles. The number of carbonyl (C=O) groups excluding carboxylic acids is 1. The fraction of sp³-hybridized carbons (Fsp3) is 0.385. The number of hydrogen-bond donors (Lipinski definition) is 0. The number of carbonyl (C=O) groups is 1. The molecule has 1 unspecified atom stereocenters. The summed E-state index contributed by atoms with van der Waals surface area (Å²) in [6.45, 7) is 2.51. The summed E-state index contributed by atoms with van der Waals surface area (Å²) in [5.74, 6) is -0.679. The van der Waals surface area contributed by atoms with E-state index >= 15 is 0 Å². The molecule has 1 rings (SSSR count). The van der Waals surface area contributed by atoms with Crippen LogP contribution in [-0.4, -0.2) is 30.8 Å². The molecule has 0 aliphatic heterocycles. The van der Waals surface area contributed by atoms with Gasteiger partial charge in [-0.15, -0.1) is 0 Å². The Labute approximate surface area is 100 Å². The van der Waals surface area contributed by atoms with Gasteiger partial charge in [0, 0.05) is 12.1 Å². The largest absolute Gasteiger partial charge is 0.298 e. The number of benzene rings is 1. The Hall–Kier alpha value is -1.73. The average Bonchev–Trinajstić information content (AvgIpc) is 2.28. The van der Waals surface area contributed by atoms with Gasteiger partial charge < -0.3 is 0 Å². The zero-order valence-corrected chi connectivity index (χ0v) is 9.98. The molecule has 90 valence electrons. The van der Waals surface area contributed by atoms with Gasteiger partial charge in [0.05, 0.1) is 18.5 Å². The average molecular weight is 234 g/mol. The van der Waals surface area contributed by atoms with Crippen LogP contribution in [0.15, 0.2) is 24.3 Å². The Morgan fingerprint density at radius 1 is 1.59 bits per heavy atom. The van der Waals surface area contributed by atoms with Gasteiger partial charge in [-0.1, -0.05) is 12.1 Å². The molecule has 0 heterocycles. The topological polar surface area (TPSA) is 44.1 Å². The van der Waals surface area contributed by atoms with Crippen LogP contribution in [0.5, 0.6) is 0 Å². The smallest absolute Gasteiger partial charge is 0.176 e. The van der Waals surface area contributed by atoms with E-state index < -0.39 is 5.82 Å². The molecular weight excluding hydrogens is 219 g/mol. The minimum Gasteiger partial charge on any atom is -0.298 e. The molecule has 0 bridgehead atoms. The molecule has 0 aromatic heterocycles. The van der Waals surface area contributed by atoms with Gasteiger partial charge in [0.2, 0.25) is 0 Å². The lowest BCUT2D eigenvalue weighted by Crippen LogP contribution is -2.29. The molecule has 1 aromatic carbocycles. The van der Waals surface area contributed by atoms with Crippen molar-refractivity contribution < 1.29 is 9.18 Å². The summed E-state index contributed by atoms with van der Waals surface area (Å²) in [4.78, 5) is 13.6. The maximum absolute atomic E-state index is 12.9. The second kappa shape index (κ2) is 6.12. The zero-order valence-electron chi connectivity index (χ0n) is 9.98. The van der Waals surface area contributed by atoms with Crippen molar-refractivity contribution in [2.75, 3.05) is 20.1 Å². The molecule has 4 heteroatoms. The van der Waals surface area contributed by atoms with Crippen LogP contribution < -0.4 is 0 Å². The van der Waals surface area contributed by atoms with E-state index in [9.17, 15) is 9.18 Å². The van der Waals surface area contributed by atoms with Crippen molar-refractivity contribution in [2.45, 2.75) is 6.92 Å². The van der Waals surface area contributed by atoms with E-state index in [1.165, 1.54) is 18.2 Å². The molecule has 17 heavy (non-hydrogen) atoms. The first-order valence-electron chi connectivity index (χ1n) is 5.40. The Kier molecular flexibility index (Phi) is 4.80. The summed E-state index contributed by atoms with van der Waals surface area (Å²) in [6.07, 6.45) is 0. The van der Waals surface area contributed by atoms with Crippen molar-refractivity contribution in [1.29, 1.82) is 5.26 Å². The summed E-state index contributed by atoms with van der Waals surface area (Å²) in [5.41, 5.74) is 0.362.